The van der Waals surface area contributed by atoms with E-state index in [-0.39, 0.29) is 11.8 Å². The maximum Gasteiger partial charge on any atom is 0.330 e. The van der Waals surface area contributed by atoms with Crippen LogP contribution in [0.25, 0.3) is 0 Å². The molecular weight excluding hydrogens is 467 g/mol. The van der Waals surface area contributed by atoms with Crippen LogP contribution < -0.4 is 9.80 Å². The minimum absolute atomic E-state index is 0.174. The molecule has 2 atom stereocenters. The molecule has 0 radical (unpaired) electrons. The number of ketones is 1. The molecule has 2 amide bonds. The molecule has 1 heterocycles. The van der Waals surface area contributed by atoms with Crippen LogP contribution in [-0.2, 0) is 0 Å². The van der Waals surface area contributed by atoms with Gasteiger partial charge >= 0.3 is 6.03 Å². The molecule has 0 aliphatic carbocycles. The number of benzene rings is 4. The number of urea groups is 1. The summed E-state index contributed by atoms with van der Waals surface area (Å²) in [4.78, 5) is 31.3. The van der Waals surface area contributed by atoms with E-state index in [0.29, 0.717) is 27.0 Å². The highest BCUT2D eigenvalue weighted by Crippen LogP contribution is 2.42. The lowest BCUT2D eigenvalue weighted by Crippen LogP contribution is -2.40. The van der Waals surface area contributed by atoms with Crippen LogP contribution >= 0.6 is 23.2 Å². The highest BCUT2D eigenvalue weighted by atomic mass is 35.5. The predicted molar refractivity (Wildman–Crippen MR) is 137 cm³/mol. The number of amides is 2. The normalized spacial score (nSPS) is 17.8. The zero-order chi connectivity index (χ0) is 23.7. The Morgan fingerprint density at radius 1 is 0.618 bits per heavy atom. The van der Waals surface area contributed by atoms with Gasteiger partial charge in [0.2, 0.25) is 0 Å². The number of hydrogen-bond donors (Lipinski definition) is 0. The van der Waals surface area contributed by atoms with Gasteiger partial charge in [0.05, 0.1) is 6.04 Å². The second-order valence-corrected chi connectivity index (χ2v) is 8.88. The fourth-order valence-corrected chi connectivity index (χ4v) is 4.64. The summed E-state index contributed by atoms with van der Waals surface area (Å²) in [7, 11) is 0. The Bertz CT molecular complexity index is 1310. The number of Topliss-reactive ketones (excluding diaryl/α,β-unsaturated/α-hetero) is 1. The van der Waals surface area contributed by atoms with Gasteiger partial charge < -0.3 is 0 Å². The van der Waals surface area contributed by atoms with E-state index < -0.39 is 12.1 Å². The van der Waals surface area contributed by atoms with Gasteiger partial charge in [-0.25, -0.2) is 4.79 Å². The third-order valence-corrected chi connectivity index (χ3v) is 6.45. The average Bonchev–Trinajstić information content (AvgIpc) is 3.18. The van der Waals surface area contributed by atoms with E-state index in [2.05, 4.69) is 0 Å². The molecule has 6 heteroatoms. The van der Waals surface area contributed by atoms with Crippen molar-refractivity contribution >= 4 is 46.4 Å². The van der Waals surface area contributed by atoms with Crippen LogP contribution in [0.1, 0.15) is 22.0 Å². The summed E-state index contributed by atoms with van der Waals surface area (Å²) >= 11 is 12.2. The van der Waals surface area contributed by atoms with Gasteiger partial charge in [-0.2, -0.15) is 0 Å². The number of hydrogen-bond acceptors (Lipinski definition) is 2. The van der Waals surface area contributed by atoms with Crippen molar-refractivity contribution in [3.8, 4) is 0 Å². The molecule has 0 aromatic heterocycles. The number of carbonyl (C=O) groups excluding carboxylic acids is 2. The van der Waals surface area contributed by atoms with Gasteiger partial charge in [-0.05, 0) is 66.2 Å². The molecule has 1 fully saturated rings. The van der Waals surface area contributed by atoms with E-state index >= 15 is 0 Å². The minimum Gasteiger partial charge on any atom is -0.292 e. The Kier molecular flexibility index (Phi) is 6.10. The monoisotopic (exact) mass is 486 g/mol. The van der Waals surface area contributed by atoms with E-state index in [1.54, 1.807) is 46.2 Å². The first-order chi connectivity index (χ1) is 16.5. The van der Waals surface area contributed by atoms with Crippen LogP contribution in [-0.4, -0.2) is 17.9 Å². The fourth-order valence-electron chi connectivity index (χ4n) is 4.39. The lowest BCUT2D eigenvalue weighted by Gasteiger charge is -2.27. The van der Waals surface area contributed by atoms with E-state index in [0.717, 1.165) is 5.56 Å². The number of anilines is 2. The molecule has 0 bridgehead atoms. The Hall–Kier alpha value is -3.60. The lowest BCUT2D eigenvalue weighted by molar-refractivity contribution is 0.0955. The van der Waals surface area contributed by atoms with Crippen molar-refractivity contribution in [1.82, 2.24) is 0 Å². The Labute approximate surface area is 208 Å². The smallest absolute Gasteiger partial charge is 0.292 e. The Morgan fingerprint density at radius 3 is 1.62 bits per heavy atom. The van der Waals surface area contributed by atoms with E-state index in [1.807, 2.05) is 72.8 Å². The fraction of sp³-hybridized carbons (Fsp3) is 0.0714. The Morgan fingerprint density at radius 2 is 1.09 bits per heavy atom. The third-order valence-electron chi connectivity index (χ3n) is 5.95. The molecule has 168 valence electrons. The molecule has 1 aliphatic heterocycles. The second kappa shape index (κ2) is 9.34. The molecule has 2 unspecified atom stereocenters. The third kappa shape index (κ3) is 4.07. The van der Waals surface area contributed by atoms with Crippen molar-refractivity contribution in [2.45, 2.75) is 12.1 Å². The van der Waals surface area contributed by atoms with Gasteiger partial charge in [0, 0.05) is 27.0 Å². The summed E-state index contributed by atoms with van der Waals surface area (Å²) in [5.74, 6) is -0.174. The molecule has 4 nitrogen and oxygen atoms in total. The van der Waals surface area contributed by atoms with Gasteiger partial charge in [0.15, 0.2) is 5.78 Å². The zero-order valence-corrected chi connectivity index (χ0v) is 19.5. The van der Waals surface area contributed by atoms with Crippen molar-refractivity contribution in [3.05, 3.63) is 130 Å². The van der Waals surface area contributed by atoms with Gasteiger partial charge in [-0.1, -0.05) is 71.7 Å². The highest BCUT2D eigenvalue weighted by Gasteiger charge is 2.51. The van der Waals surface area contributed by atoms with Gasteiger partial charge in [-0.15, -0.1) is 0 Å². The second-order valence-electron chi connectivity index (χ2n) is 8.01. The zero-order valence-electron chi connectivity index (χ0n) is 18.0. The van der Waals surface area contributed by atoms with Crippen molar-refractivity contribution in [2.24, 2.45) is 0 Å². The summed E-state index contributed by atoms with van der Waals surface area (Å²) in [6, 6.07) is 31.1. The highest BCUT2D eigenvalue weighted by molar-refractivity contribution is 6.31. The van der Waals surface area contributed by atoms with E-state index in [9.17, 15) is 9.59 Å². The summed E-state index contributed by atoms with van der Waals surface area (Å²) in [5, 5.41) is 1.12. The number of para-hydroxylation sites is 2. The molecule has 1 saturated heterocycles. The molecule has 4 aromatic rings. The standard InChI is InChI=1S/C28H20Cl2N2O2/c29-21-15-11-19(12-16-21)25-26(27(33)20-13-17-22(30)18-14-20)32(24-9-5-2-6-10-24)28(34)31(25)23-7-3-1-4-8-23/h1-18,25-26H. The molecule has 34 heavy (non-hydrogen) atoms. The largest absolute Gasteiger partial charge is 0.330 e. The maximum absolute atomic E-state index is 14.0. The number of halogens is 2. The summed E-state index contributed by atoms with van der Waals surface area (Å²) in [6.07, 6.45) is 0. The van der Waals surface area contributed by atoms with Crippen LogP contribution in [0, 0.1) is 0 Å². The number of carbonyl (C=O) groups is 2. The lowest BCUT2D eigenvalue weighted by atomic mass is 9.92. The quantitative estimate of drug-likeness (QED) is 0.275. The van der Waals surface area contributed by atoms with Crippen LogP contribution in [0.4, 0.5) is 16.2 Å². The molecule has 5 rings (SSSR count). The average molecular weight is 487 g/mol. The van der Waals surface area contributed by atoms with Gasteiger partial charge in [-0.3, -0.25) is 14.6 Å². The maximum atomic E-state index is 14.0. The molecule has 0 saturated carbocycles. The Balaban J connectivity index is 1.72. The molecular formula is C28H20Cl2N2O2. The predicted octanol–water partition coefficient (Wildman–Crippen LogP) is 7.43. The van der Waals surface area contributed by atoms with E-state index in [1.165, 1.54) is 0 Å². The van der Waals surface area contributed by atoms with Gasteiger partial charge in [0.1, 0.15) is 6.04 Å². The van der Waals surface area contributed by atoms with Crippen molar-refractivity contribution in [1.29, 1.82) is 0 Å². The molecule has 0 N–H and O–H groups in total. The van der Waals surface area contributed by atoms with E-state index in [4.69, 9.17) is 23.2 Å². The number of nitrogens with zero attached hydrogens (tertiary/aromatic N) is 2. The van der Waals surface area contributed by atoms with Crippen molar-refractivity contribution in [2.75, 3.05) is 9.80 Å². The van der Waals surface area contributed by atoms with Crippen LogP contribution in [0.3, 0.4) is 0 Å². The molecule has 1 aliphatic rings. The van der Waals surface area contributed by atoms with Crippen LogP contribution in [0.5, 0.6) is 0 Å². The minimum atomic E-state index is -0.808. The summed E-state index contributed by atoms with van der Waals surface area (Å²) in [6.45, 7) is 0. The van der Waals surface area contributed by atoms with Crippen molar-refractivity contribution < 1.29 is 9.59 Å². The number of rotatable bonds is 5. The molecule has 4 aromatic carbocycles. The first kappa shape index (κ1) is 22.2. The van der Waals surface area contributed by atoms with Crippen molar-refractivity contribution in [3.63, 3.8) is 0 Å². The summed E-state index contributed by atoms with van der Waals surface area (Å²) < 4.78 is 0. The summed E-state index contributed by atoms with van der Waals surface area (Å²) in [5.41, 5.74) is 2.65. The molecule has 0 spiro atoms. The first-order valence-electron chi connectivity index (χ1n) is 10.8. The SMILES string of the molecule is O=C(c1ccc(Cl)cc1)C1C(c2ccc(Cl)cc2)N(c2ccccc2)C(=O)N1c1ccccc1. The topological polar surface area (TPSA) is 40.6 Å². The van der Waals surface area contributed by atoms with Gasteiger partial charge in [0.25, 0.3) is 0 Å². The first-order valence-corrected chi connectivity index (χ1v) is 11.6. The van der Waals surface area contributed by atoms with Crippen LogP contribution in [0.2, 0.25) is 10.0 Å². The van der Waals surface area contributed by atoms with Crippen LogP contribution in [0.15, 0.2) is 109 Å².